The van der Waals surface area contributed by atoms with Crippen LogP contribution >= 0.6 is 0 Å². The third kappa shape index (κ3) is 3.34. The molecule has 0 amide bonds. The van der Waals surface area contributed by atoms with Gasteiger partial charge < -0.3 is 14.6 Å². The van der Waals surface area contributed by atoms with Gasteiger partial charge in [-0.2, -0.15) is 0 Å². The summed E-state index contributed by atoms with van der Waals surface area (Å²) in [6.07, 6.45) is -0.662. The second-order valence-electron chi connectivity index (χ2n) is 2.51. The highest BCUT2D eigenvalue weighted by Crippen LogP contribution is 2.13. The van der Waals surface area contributed by atoms with Crippen LogP contribution in [-0.2, 0) is 14.3 Å². The van der Waals surface area contributed by atoms with Gasteiger partial charge in [-0.05, 0) is 13.8 Å². The van der Waals surface area contributed by atoms with Crippen molar-refractivity contribution in [3.05, 3.63) is 0 Å². The molecule has 0 aromatic heterocycles. The van der Waals surface area contributed by atoms with Gasteiger partial charge in [0, 0.05) is 14.0 Å². The number of carbonyl (C=O) groups is 1. The number of rotatable bonds is 3. The fraction of sp³-hybridized carbons (Fsp3) is 0.857. The van der Waals surface area contributed by atoms with Crippen molar-refractivity contribution in [2.75, 3.05) is 7.11 Å². The van der Waals surface area contributed by atoms with Crippen molar-refractivity contribution in [3.63, 3.8) is 0 Å². The van der Waals surface area contributed by atoms with E-state index in [-0.39, 0.29) is 0 Å². The minimum absolute atomic E-state index is 0.435. The highest BCUT2D eigenvalue weighted by atomic mass is 16.7. The summed E-state index contributed by atoms with van der Waals surface area (Å²) in [5.74, 6) is -1.85. The van der Waals surface area contributed by atoms with Gasteiger partial charge >= 0.3 is 5.97 Å². The van der Waals surface area contributed by atoms with Crippen LogP contribution in [0, 0.1) is 0 Å². The van der Waals surface area contributed by atoms with Gasteiger partial charge in [0.05, 0.1) is 0 Å². The summed E-state index contributed by atoms with van der Waals surface area (Å²) in [6.45, 7) is 4.27. The molecule has 4 nitrogen and oxygen atoms in total. The van der Waals surface area contributed by atoms with E-state index in [2.05, 4.69) is 4.74 Å². The van der Waals surface area contributed by atoms with Crippen LogP contribution < -0.4 is 0 Å². The Labute approximate surface area is 66.1 Å². The average molecular weight is 162 g/mol. The van der Waals surface area contributed by atoms with Crippen LogP contribution in [0.5, 0.6) is 0 Å². The standard InChI is InChI=1S/C7H14O4/c1-5(11-6(2)8)7(3,9)10-4/h5,9H,1-4H3. The predicted octanol–water partition coefficient (Wildman–Crippen LogP) is 0.293. The van der Waals surface area contributed by atoms with E-state index in [9.17, 15) is 9.90 Å². The van der Waals surface area contributed by atoms with E-state index in [1.807, 2.05) is 0 Å². The molecule has 2 unspecified atom stereocenters. The van der Waals surface area contributed by atoms with E-state index in [4.69, 9.17) is 4.74 Å². The number of aliphatic hydroxyl groups is 1. The Balaban J connectivity index is 4.01. The van der Waals surface area contributed by atoms with E-state index in [0.29, 0.717) is 0 Å². The number of methoxy groups -OCH3 is 1. The lowest BCUT2D eigenvalue weighted by atomic mass is 10.2. The Kier molecular flexibility index (Phi) is 3.48. The molecule has 0 bridgehead atoms. The van der Waals surface area contributed by atoms with Gasteiger partial charge in [-0.3, -0.25) is 4.79 Å². The Morgan fingerprint density at radius 3 is 2.36 bits per heavy atom. The second-order valence-corrected chi connectivity index (χ2v) is 2.51. The highest BCUT2D eigenvalue weighted by molar-refractivity contribution is 5.66. The van der Waals surface area contributed by atoms with Crippen LogP contribution in [0.25, 0.3) is 0 Å². The molecule has 0 fully saturated rings. The van der Waals surface area contributed by atoms with Crippen molar-refractivity contribution >= 4 is 5.97 Å². The molecule has 2 atom stereocenters. The molecule has 0 aliphatic carbocycles. The normalized spacial score (nSPS) is 18.6. The lowest BCUT2D eigenvalue weighted by Gasteiger charge is -2.27. The van der Waals surface area contributed by atoms with Crippen molar-refractivity contribution in [2.45, 2.75) is 32.7 Å². The molecular formula is C7H14O4. The first-order valence-corrected chi connectivity index (χ1v) is 3.35. The molecule has 11 heavy (non-hydrogen) atoms. The zero-order chi connectivity index (χ0) is 9.07. The summed E-state index contributed by atoms with van der Waals surface area (Å²) < 4.78 is 9.37. The van der Waals surface area contributed by atoms with Crippen LogP contribution in [0.15, 0.2) is 0 Å². The van der Waals surface area contributed by atoms with Crippen LogP contribution in [0.2, 0.25) is 0 Å². The van der Waals surface area contributed by atoms with Gasteiger partial charge in [0.2, 0.25) is 0 Å². The predicted molar refractivity (Wildman–Crippen MR) is 38.9 cm³/mol. The van der Waals surface area contributed by atoms with Gasteiger partial charge in [-0.1, -0.05) is 0 Å². The zero-order valence-corrected chi connectivity index (χ0v) is 7.25. The molecular weight excluding hydrogens is 148 g/mol. The van der Waals surface area contributed by atoms with Gasteiger partial charge in [0.25, 0.3) is 0 Å². The Morgan fingerprint density at radius 1 is 1.64 bits per heavy atom. The number of carbonyl (C=O) groups excluding carboxylic acids is 1. The van der Waals surface area contributed by atoms with E-state index >= 15 is 0 Å². The van der Waals surface area contributed by atoms with E-state index in [0.717, 1.165) is 0 Å². The fourth-order valence-electron chi connectivity index (χ4n) is 0.524. The first-order chi connectivity index (χ1) is 4.90. The Bertz CT molecular complexity index is 141. The van der Waals surface area contributed by atoms with Crippen molar-refractivity contribution < 1.29 is 19.4 Å². The van der Waals surface area contributed by atoms with Gasteiger partial charge in [0.1, 0.15) is 0 Å². The molecule has 1 N–H and O–H groups in total. The lowest BCUT2D eigenvalue weighted by Crippen LogP contribution is -2.41. The maximum Gasteiger partial charge on any atom is 0.303 e. The lowest BCUT2D eigenvalue weighted by molar-refractivity contribution is -0.235. The summed E-state index contributed by atoms with van der Waals surface area (Å²) >= 11 is 0. The van der Waals surface area contributed by atoms with E-state index in [1.165, 1.54) is 21.0 Å². The Hall–Kier alpha value is -0.610. The average Bonchev–Trinajstić information content (AvgIpc) is 1.86. The summed E-state index contributed by atoms with van der Waals surface area (Å²) in [4.78, 5) is 10.4. The second kappa shape index (κ2) is 3.69. The summed E-state index contributed by atoms with van der Waals surface area (Å²) in [5, 5.41) is 9.34. The number of esters is 1. The minimum atomic E-state index is -1.41. The first kappa shape index (κ1) is 10.4. The van der Waals surface area contributed by atoms with E-state index < -0.39 is 17.9 Å². The number of hydrogen-bond donors (Lipinski definition) is 1. The quantitative estimate of drug-likeness (QED) is 0.478. The topological polar surface area (TPSA) is 55.8 Å². The summed E-state index contributed by atoms with van der Waals surface area (Å²) in [5.41, 5.74) is 0. The van der Waals surface area contributed by atoms with Crippen molar-refractivity contribution in [1.29, 1.82) is 0 Å². The SMILES string of the molecule is COC(C)(O)C(C)OC(C)=O. The molecule has 0 aliphatic heterocycles. The van der Waals surface area contributed by atoms with Crippen molar-refractivity contribution in [2.24, 2.45) is 0 Å². The third-order valence-electron chi connectivity index (χ3n) is 1.51. The van der Waals surface area contributed by atoms with Crippen LogP contribution in [0.1, 0.15) is 20.8 Å². The van der Waals surface area contributed by atoms with Crippen LogP contribution in [0.3, 0.4) is 0 Å². The van der Waals surface area contributed by atoms with Gasteiger partial charge in [-0.15, -0.1) is 0 Å². The molecule has 0 rings (SSSR count). The minimum Gasteiger partial charge on any atom is -0.457 e. The third-order valence-corrected chi connectivity index (χ3v) is 1.51. The maximum absolute atomic E-state index is 10.4. The largest absolute Gasteiger partial charge is 0.457 e. The highest BCUT2D eigenvalue weighted by Gasteiger charge is 2.30. The summed E-state index contributed by atoms with van der Waals surface area (Å²) in [6, 6.07) is 0. The molecule has 0 radical (unpaired) electrons. The maximum atomic E-state index is 10.4. The van der Waals surface area contributed by atoms with Gasteiger partial charge in [0.15, 0.2) is 11.9 Å². The molecule has 66 valence electrons. The van der Waals surface area contributed by atoms with E-state index in [1.54, 1.807) is 6.92 Å². The Morgan fingerprint density at radius 2 is 2.09 bits per heavy atom. The van der Waals surface area contributed by atoms with Crippen molar-refractivity contribution in [1.82, 2.24) is 0 Å². The molecule has 0 aromatic carbocycles. The molecule has 0 saturated carbocycles. The molecule has 0 aromatic rings. The molecule has 0 heterocycles. The molecule has 4 heteroatoms. The van der Waals surface area contributed by atoms with Crippen LogP contribution in [-0.4, -0.2) is 30.1 Å². The number of ether oxygens (including phenoxy) is 2. The fourth-order valence-corrected chi connectivity index (χ4v) is 0.524. The summed E-state index contributed by atoms with van der Waals surface area (Å²) in [7, 11) is 1.35. The van der Waals surface area contributed by atoms with Gasteiger partial charge in [-0.25, -0.2) is 0 Å². The monoisotopic (exact) mass is 162 g/mol. The smallest absolute Gasteiger partial charge is 0.303 e. The zero-order valence-electron chi connectivity index (χ0n) is 7.25. The first-order valence-electron chi connectivity index (χ1n) is 3.35. The van der Waals surface area contributed by atoms with Crippen LogP contribution in [0.4, 0.5) is 0 Å². The number of hydrogen-bond acceptors (Lipinski definition) is 4. The van der Waals surface area contributed by atoms with Crippen molar-refractivity contribution in [3.8, 4) is 0 Å². The molecule has 0 spiro atoms. The molecule has 0 aliphatic rings. The molecule has 0 saturated heterocycles.